The van der Waals surface area contributed by atoms with Gasteiger partial charge in [0.05, 0.1) is 0 Å². The molecule has 3 N–H and O–H groups in total. The lowest BCUT2D eigenvalue weighted by Gasteiger charge is -2.05. The number of hydrogen-bond acceptors (Lipinski definition) is 2. The van der Waals surface area contributed by atoms with Crippen LogP contribution in [0.3, 0.4) is 0 Å². The van der Waals surface area contributed by atoms with Gasteiger partial charge >= 0.3 is 0 Å². The number of aliphatic imine (C=N–C) groups is 1. The van der Waals surface area contributed by atoms with Gasteiger partial charge in [-0.1, -0.05) is 18.2 Å². The largest absolute Gasteiger partial charge is 0.381 e. The molecule has 0 amide bonds. The number of nitrogens with zero attached hydrogens (tertiary/aromatic N) is 1. The Labute approximate surface area is 131 Å². The van der Waals surface area contributed by atoms with E-state index in [1.807, 2.05) is 30.3 Å². The van der Waals surface area contributed by atoms with Crippen molar-refractivity contribution in [3.05, 3.63) is 30.3 Å². The van der Waals surface area contributed by atoms with E-state index in [0.717, 1.165) is 31.2 Å². The van der Waals surface area contributed by atoms with E-state index in [9.17, 15) is 0 Å². The average Bonchev–Trinajstić information content (AvgIpc) is 3.19. The molecule has 1 aromatic carbocycles. The van der Waals surface area contributed by atoms with Crippen molar-refractivity contribution in [2.45, 2.75) is 19.3 Å². The number of rotatable bonds is 7. The topological polar surface area (TPSA) is 59.6 Å². The first-order valence-corrected chi connectivity index (χ1v) is 6.54. The van der Waals surface area contributed by atoms with Gasteiger partial charge in [-0.2, -0.15) is 0 Å². The van der Waals surface area contributed by atoms with E-state index in [2.05, 4.69) is 10.3 Å². The monoisotopic (exact) mass is 375 g/mol. The highest BCUT2D eigenvalue weighted by Crippen LogP contribution is 2.28. The van der Waals surface area contributed by atoms with Gasteiger partial charge in [-0.3, -0.25) is 4.99 Å². The minimum absolute atomic E-state index is 0. The fourth-order valence-corrected chi connectivity index (χ4v) is 1.61. The molecule has 1 saturated carbocycles. The zero-order valence-electron chi connectivity index (χ0n) is 11.0. The van der Waals surface area contributed by atoms with Crippen LogP contribution in [0.25, 0.3) is 0 Å². The number of benzene rings is 1. The number of nitrogens with two attached hydrogens (primary N) is 1. The number of ether oxygens (including phenoxy) is 1. The lowest BCUT2D eigenvalue weighted by atomic mass is 10.3. The van der Waals surface area contributed by atoms with Crippen LogP contribution in [-0.4, -0.2) is 25.7 Å². The van der Waals surface area contributed by atoms with Crippen LogP contribution >= 0.6 is 24.0 Å². The van der Waals surface area contributed by atoms with E-state index in [4.69, 9.17) is 10.5 Å². The SMILES string of the molecule is I.NC(=NCCCOCC1CC1)Nc1ccccc1. The van der Waals surface area contributed by atoms with Gasteiger partial charge < -0.3 is 15.8 Å². The van der Waals surface area contributed by atoms with Gasteiger partial charge in [0.25, 0.3) is 0 Å². The number of anilines is 1. The van der Waals surface area contributed by atoms with Crippen LogP contribution in [0.1, 0.15) is 19.3 Å². The quantitative estimate of drug-likeness (QED) is 0.334. The van der Waals surface area contributed by atoms with Gasteiger partial charge in [-0.15, -0.1) is 24.0 Å². The molecular formula is C14H22IN3O. The van der Waals surface area contributed by atoms with Gasteiger partial charge in [-0.25, -0.2) is 0 Å². The molecule has 0 bridgehead atoms. The van der Waals surface area contributed by atoms with Crippen LogP contribution in [0.2, 0.25) is 0 Å². The highest BCUT2D eigenvalue weighted by atomic mass is 127. The molecule has 2 rings (SSSR count). The van der Waals surface area contributed by atoms with Gasteiger partial charge in [0, 0.05) is 25.4 Å². The zero-order valence-corrected chi connectivity index (χ0v) is 13.4. The number of guanidine groups is 1. The highest BCUT2D eigenvalue weighted by Gasteiger charge is 2.20. The number of halogens is 1. The van der Waals surface area contributed by atoms with E-state index in [0.29, 0.717) is 12.5 Å². The third-order valence-electron chi connectivity index (χ3n) is 2.83. The molecule has 0 saturated heterocycles. The van der Waals surface area contributed by atoms with E-state index in [1.54, 1.807) is 0 Å². The molecule has 19 heavy (non-hydrogen) atoms. The van der Waals surface area contributed by atoms with Crippen molar-refractivity contribution in [3.63, 3.8) is 0 Å². The molecule has 0 aromatic heterocycles. The van der Waals surface area contributed by atoms with E-state index in [-0.39, 0.29) is 24.0 Å². The Bertz CT molecular complexity index is 380. The standard InChI is InChI=1S/C14H21N3O.HI/c15-14(17-13-5-2-1-3-6-13)16-9-4-10-18-11-12-7-8-12;/h1-3,5-6,12H,4,7-11H2,(H3,15,16,17);1H. The molecular weight excluding hydrogens is 353 g/mol. The summed E-state index contributed by atoms with van der Waals surface area (Å²) in [6.07, 6.45) is 3.60. The fourth-order valence-electron chi connectivity index (χ4n) is 1.61. The number of para-hydroxylation sites is 1. The molecule has 1 aromatic rings. The Morgan fingerprint density at radius 3 is 2.74 bits per heavy atom. The average molecular weight is 375 g/mol. The fraction of sp³-hybridized carbons (Fsp3) is 0.500. The summed E-state index contributed by atoms with van der Waals surface area (Å²) in [5.41, 5.74) is 6.74. The minimum atomic E-state index is 0. The van der Waals surface area contributed by atoms with E-state index < -0.39 is 0 Å². The van der Waals surface area contributed by atoms with Crippen LogP contribution in [0.15, 0.2) is 35.3 Å². The molecule has 0 atom stereocenters. The summed E-state index contributed by atoms with van der Waals surface area (Å²) >= 11 is 0. The number of hydrogen-bond donors (Lipinski definition) is 2. The molecule has 4 nitrogen and oxygen atoms in total. The predicted molar refractivity (Wildman–Crippen MR) is 90.1 cm³/mol. The molecule has 0 aliphatic heterocycles. The summed E-state index contributed by atoms with van der Waals surface area (Å²) in [5, 5.41) is 3.05. The van der Waals surface area contributed by atoms with Crippen LogP contribution in [0.4, 0.5) is 5.69 Å². The first-order valence-electron chi connectivity index (χ1n) is 6.54. The van der Waals surface area contributed by atoms with Crippen molar-refractivity contribution in [2.24, 2.45) is 16.6 Å². The molecule has 1 aliphatic rings. The molecule has 1 aliphatic carbocycles. The molecule has 0 radical (unpaired) electrons. The summed E-state index contributed by atoms with van der Waals surface area (Å²) in [4.78, 5) is 4.26. The lowest BCUT2D eigenvalue weighted by molar-refractivity contribution is 0.123. The maximum Gasteiger partial charge on any atom is 0.193 e. The van der Waals surface area contributed by atoms with E-state index in [1.165, 1.54) is 12.8 Å². The summed E-state index contributed by atoms with van der Waals surface area (Å²) in [6, 6.07) is 9.81. The third kappa shape index (κ3) is 7.37. The van der Waals surface area contributed by atoms with Crippen LogP contribution in [-0.2, 0) is 4.74 Å². The first kappa shape index (κ1) is 16.2. The summed E-state index contributed by atoms with van der Waals surface area (Å²) in [7, 11) is 0. The van der Waals surface area contributed by atoms with Crippen molar-refractivity contribution >= 4 is 35.6 Å². The molecule has 5 heteroatoms. The maximum absolute atomic E-state index is 5.78. The summed E-state index contributed by atoms with van der Waals surface area (Å²) < 4.78 is 5.53. The molecule has 1 fully saturated rings. The Balaban J connectivity index is 0.00000180. The van der Waals surface area contributed by atoms with Crippen LogP contribution < -0.4 is 11.1 Å². The third-order valence-corrected chi connectivity index (χ3v) is 2.83. The Kier molecular flexibility index (Phi) is 7.81. The number of nitrogens with one attached hydrogen (secondary N) is 1. The van der Waals surface area contributed by atoms with Crippen molar-refractivity contribution in [3.8, 4) is 0 Å². The Hall–Kier alpha value is -0.820. The van der Waals surface area contributed by atoms with Crippen molar-refractivity contribution in [2.75, 3.05) is 25.1 Å². The second kappa shape index (κ2) is 9.14. The van der Waals surface area contributed by atoms with E-state index >= 15 is 0 Å². The van der Waals surface area contributed by atoms with Crippen LogP contribution in [0, 0.1) is 5.92 Å². The Morgan fingerprint density at radius 2 is 2.05 bits per heavy atom. The van der Waals surface area contributed by atoms with Gasteiger partial charge in [-0.05, 0) is 37.3 Å². The van der Waals surface area contributed by atoms with Crippen LogP contribution in [0.5, 0.6) is 0 Å². The van der Waals surface area contributed by atoms with Gasteiger partial charge in [0.15, 0.2) is 5.96 Å². The second-order valence-electron chi connectivity index (χ2n) is 4.63. The second-order valence-corrected chi connectivity index (χ2v) is 4.63. The minimum Gasteiger partial charge on any atom is -0.381 e. The van der Waals surface area contributed by atoms with Gasteiger partial charge in [0.2, 0.25) is 0 Å². The first-order chi connectivity index (χ1) is 8.84. The van der Waals surface area contributed by atoms with Crippen molar-refractivity contribution < 1.29 is 4.74 Å². The Morgan fingerprint density at radius 1 is 1.32 bits per heavy atom. The highest BCUT2D eigenvalue weighted by molar-refractivity contribution is 14.0. The van der Waals surface area contributed by atoms with Crippen molar-refractivity contribution in [1.82, 2.24) is 0 Å². The summed E-state index contributed by atoms with van der Waals surface area (Å²) in [5.74, 6) is 1.29. The zero-order chi connectivity index (χ0) is 12.6. The van der Waals surface area contributed by atoms with Gasteiger partial charge in [0.1, 0.15) is 0 Å². The lowest BCUT2D eigenvalue weighted by Crippen LogP contribution is -2.22. The summed E-state index contributed by atoms with van der Waals surface area (Å²) in [6.45, 7) is 2.40. The molecule has 0 spiro atoms. The smallest absolute Gasteiger partial charge is 0.193 e. The molecule has 0 heterocycles. The predicted octanol–water partition coefficient (Wildman–Crippen LogP) is 2.85. The maximum atomic E-state index is 5.78. The normalized spacial score (nSPS) is 14.8. The van der Waals surface area contributed by atoms with Crippen molar-refractivity contribution in [1.29, 1.82) is 0 Å². The molecule has 0 unspecified atom stereocenters. The molecule has 106 valence electrons.